The number of amides is 1. The zero-order chi connectivity index (χ0) is 15.4. The van der Waals surface area contributed by atoms with Crippen molar-refractivity contribution in [1.82, 2.24) is 0 Å². The highest BCUT2D eigenvalue weighted by Crippen LogP contribution is 2.27. The molecule has 5 heteroatoms. The van der Waals surface area contributed by atoms with Gasteiger partial charge < -0.3 is 15.8 Å². The van der Waals surface area contributed by atoms with Crippen LogP contribution in [0.5, 0.6) is 0 Å². The van der Waals surface area contributed by atoms with Gasteiger partial charge in [-0.15, -0.1) is 0 Å². The first-order valence-corrected chi connectivity index (χ1v) is 7.48. The number of carbonyl (C=O) groups is 1. The predicted molar refractivity (Wildman–Crippen MR) is 81.4 cm³/mol. The first-order valence-electron chi connectivity index (χ1n) is 7.48. The van der Waals surface area contributed by atoms with Crippen LogP contribution >= 0.6 is 0 Å². The van der Waals surface area contributed by atoms with E-state index in [4.69, 9.17) is 10.5 Å². The largest absolute Gasteiger partial charge is 0.397 e. The summed E-state index contributed by atoms with van der Waals surface area (Å²) in [5.74, 6) is -0.207. The normalized spacial score (nSPS) is 23.6. The highest BCUT2D eigenvalue weighted by atomic mass is 19.1. The fourth-order valence-corrected chi connectivity index (χ4v) is 2.69. The van der Waals surface area contributed by atoms with E-state index in [0.717, 1.165) is 19.3 Å². The van der Waals surface area contributed by atoms with Gasteiger partial charge in [0, 0.05) is 0 Å². The van der Waals surface area contributed by atoms with Gasteiger partial charge in [-0.25, -0.2) is 4.39 Å². The zero-order valence-corrected chi connectivity index (χ0v) is 12.6. The van der Waals surface area contributed by atoms with Crippen molar-refractivity contribution in [3.05, 3.63) is 24.0 Å². The van der Waals surface area contributed by atoms with Gasteiger partial charge in [0.2, 0.25) is 0 Å². The summed E-state index contributed by atoms with van der Waals surface area (Å²) < 4.78 is 18.9. The molecule has 1 saturated carbocycles. The second-order valence-electron chi connectivity index (χ2n) is 5.80. The molecule has 1 aromatic rings. The Labute approximate surface area is 124 Å². The molecular weight excluding hydrogens is 271 g/mol. The summed E-state index contributed by atoms with van der Waals surface area (Å²) in [6.07, 6.45) is 4.09. The van der Waals surface area contributed by atoms with Crippen molar-refractivity contribution in [2.45, 2.75) is 51.7 Å². The maximum Gasteiger partial charge on any atom is 0.253 e. The van der Waals surface area contributed by atoms with Crippen molar-refractivity contribution in [3.8, 4) is 0 Å². The fraction of sp³-hybridized carbons (Fsp3) is 0.562. The zero-order valence-electron chi connectivity index (χ0n) is 12.6. The summed E-state index contributed by atoms with van der Waals surface area (Å²) in [6.45, 7) is 3.89. The van der Waals surface area contributed by atoms with E-state index in [1.165, 1.54) is 24.6 Å². The van der Waals surface area contributed by atoms with Crippen LogP contribution in [0.2, 0.25) is 0 Å². The lowest BCUT2D eigenvalue weighted by Gasteiger charge is -2.30. The standard InChI is InChI=1S/C16H23FN2O2/c1-10-5-3-4-6-15(10)21-11(2)16(20)19-14-8-7-12(17)9-13(14)18/h7-11,15H,3-6,18H2,1-2H3,(H,19,20). The Bertz CT molecular complexity index is 507. The summed E-state index contributed by atoms with van der Waals surface area (Å²) in [5, 5.41) is 2.69. The molecule has 1 amide bonds. The quantitative estimate of drug-likeness (QED) is 0.837. The van der Waals surface area contributed by atoms with Gasteiger partial charge in [-0.1, -0.05) is 19.8 Å². The van der Waals surface area contributed by atoms with Crippen LogP contribution in [0, 0.1) is 11.7 Å². The Kier molecular flexibility index (Phi) is 5.17. The van der Waals surface area contributed by atoms with Crippen molar-refractivity contribution in [2.24, 2.45) is 5.92 Å². The van der Waals surface area contributed by atoms with Crippen LogP contribution < -0.4 is 11.1 Å². The highest BCUT2D eigenvalue weighted by Gasteiger charge is 2.26. The molecule has 3 unspecified atom stereocenters. The molecule has 2 rings (SSSR count). The van der Waals surface area contributed by atoms with Gasteiger partial charge in [0.15, 0.2) is 0 Å². The van der Waals surface area contributed by atoms with Gasteiger partial charge in [-0.2, -0.15) is 0 Å². The van der Waals surface area contributed by atoms with E-state index in [9.17, 15) is 9.18 Å². The van der Waals surface area contributed by atoms with Crippen LogP contribution in [0.1, 0.15) is 39.5 Å². The maximum absolute atomic E-state index is 13.0. The Balaban J connectivity index is 1.92. The number of ether oxygens (including phenoxy) is 1. The number of hydrogen-bond acceptors (Lipinski definition) is 3. The molecule has 116 valence electrons. The SMILES string of the molecule is CC(OC1CCCCC1C)C(=O)Nc1ccc(F)cc1N. The minimum absolute atomic E-state index is 0.130. The summed E-state index contributed by atoms with van der Waals surface area (Å²) in [6, 6.07) is 3.91. The van der Waals surface area contributed by atoms with E-state index >= 15 is 0 Å². The number of nitrogens with one attached hydrogen (secondary N) is 1. The molecular formula is C16H23FN2O2. The van der Waals surface area contributed by atoms with Gasteiger partial charge in [0.25, 0.3) is 5.91 Å². The molecule has 0 radical (unpaired) electrons. The summed E-state index contributed by atoms with van der Waals surface area (Å²) in [7, 11) is 0. The van der Waals surface area contributed by atoms with Crippen LogP contribution in [0.4, 0.5) is 15.8 Å². The Morgan fingerprint density at radius 1 is 1.43 bits per heavy atom. The Morgan fingerprint density at radius 3 is 2.81 bits per heavy atom. The predicted octanol–water partition coefficient (Wildman–Crippen LogP) is 3.33. The molecule has 0 saturated heterocycles. The highest BCUT2D eigenvalue weighted by molar-refractivity contribution is 5.96. The molecule has 0 heterocycles. The smallest absolute Gasteiger partial charge is 0.253 e. The third kappa shape index (κ3) is 4.17. The van der Waals surface area contributed by atoms with Gasteiger partial charge >= 0.3 is 0 Å². The van der Waals surface area contributed by atoms with Gasteiger partial charge in [0.1, 0.15) is 11.9 Å². The lowest BCUT2D eigenvalue weighted by Crippen LogP contribution is -2.35. The van der Waals surface area contributed by atoms with E-state index in [0.29, 0.717) is 11.6 Å². The van der Waals surface area contributed by atoms with E-state index in [-0.39, 0.29) is 17.7 Å². The molecule has 1 aliphatic carbocycles. The topological polar surface area (TPSA) is 64.3 Å². The molecule has 1 aliphatic rings. The minimum atomic E-state index is -0.556. The second-order valence-corrected chi connectivity index (χ2v) is 5.80. The van der Waals surface area contributed by atoms with Crippen molar-refractivity contribution >= 4 is 17.3 Å². The monoisotopic (exact) mass is 294 g/mol. The first-order chi connectivity index (χ1) is 9.97. The lowest BCUT2D eigenvalue weighted by molar-refractivity contribution is -0.133. The van der Waals surface area contributed by atoms with Crippen LogP contribution in [0.15, 0.2) is 18.2 Å². The number of carbonyl (C=O) groups excluding carboxylic acids is 1. The minimum Gasteiger partial charge on any atom is -0.397 e. The summed E-state index contributed by atoms with van der Waals surface area (Å²) >= 11 is 0. The molecule has 21 heavy (non-hydrogen) atoms. The fourth-order valence-electron chi connectivity index (χ4n) is 2.69. The van der Waals surface area contributed by atoms with E-state index in [1.54, 1.807) is 6.92 Å². The van der Waals surface area contributed by atoms with E-state index < -0.39 is 11.9 Å². The number of benzene rings is 1. The lowest BCUT2D eigenvalue weighted by atomic mass is 9.88. The van der Waals surface area contributed by atoms with Crippen LogP contribution in [0.25, 0.3) is 0 Å². The second kappa shape index (κ2) is 6.89. The number of hydrogen-bond donors (Lipinski definition) is 2. The number of nitrogens with two attached hydrogens (primary N) is 1. The third-order valence-corrected chi connectivity index (χ3v) is 4.05. The molecule has 0 aliphatic heterocycles. The van der Waals surface area contributed by atoms with E-state index in [2.05, 4.69) is 12.2 Å². The molecule has 4 nitrogen and oxygen atoms in total. The Hall–Kier alpha value is -1.62. The van der Waals surface area contributed by atoms with Gasteiger partial charge in [0.05, 0.1) is 17.5 Å². The van der Waals surface area contributed by atoms with Crippen molar-refractivity contribution in [2.75, 3.05) is 11.1 Å². The number of rotatable bonds is 4. The number of halogens is 1. The van der Waals surface area contributed by atoms with Crippen LogP contribution in [-0.4, -0.2) is 18.1 Å². The number of nitrogen functional groups attached to an aromatic ring is 1. The molecule has 0 bridgehead atoms. The molecule has 3 atom stereocenters. The van der Waals surface area contributed by atoms with Gasteiger partial charge in [-0.3, -0.25) is 4.79 Å². The molecule has 1 aromatic carbocycles. The maximum atomic E-state index is 13.0. The number of anilines is 2. The van der Waals surface area contributed by atoms with Gasteiger partial charge in [-0.05, 0) is 43.9 Å². The van der Waals surface area contributed by atoms with Crippen LogP contribution in [0.3, 0.4) is 0 Å². The van der Waals surface area contributed by atoms with Crippen LogP contribution in [-0.2, 0) is 9.53 Å². The third-order valence-electron chi connectivity index (χ3n) is 4.05. The summed E-state index contributed by atoms with van der Waals surface area (Å²) in [4.78, 5) is 12.1. The molecule has 0 aromatic heterocycles. The van der Waals surface area contributed by atoms with E-state index in [1.807, 2.05) is 0 Å². The van der Waals surface area contributed by atoms with Crippen molar-refractivity contribution in [1.29, 1.82) is 0 Å². The van der Waals surface area contributed by atoms with Crippen molar-refractivity contribution in [3.63, 3.8) is 0 Å². The summed E-state index contributed by atoms with van der Waals surface area (Å²) in [5.41, 5.74) is 6.30. The molecule has 3 N–H and O–H groups in total. The average molecular weight is 294 g/mol. The molecule has 1 fully saturated rings. The average Bonchev–Trinajstić information content (AvgIpc) is 2.44. The first kappa shape index (κ1) is 15.8. The van der Waals surface area contributed by atoms with Crippen molar-refractivity contribution < 1.29 is 13.9 Å². The Morgan fingerprint density at radius 2 is 2.14 bits per heavy atom. The molecule has 0 spiro atoms.